The van der Waals surface area contributed by atoms with Crippen molar-refractivity contribution in [3.05, 3.63) is 15.6 Å². The number of aromatic nitrogens is 1. The van der Waals surface area contributed by atoms with Crippen molar-refractivity contribution < 1.29 is 13.2 Å². The standard InChI is InChI=1S/C15H26F3N5S/c1-5-19-14(21-9-13-22-11(2)12(3)24-13)20-7-6-8-23(4)10-15(16,17)18/h5-10H2,1-4H3,(H2,19,20,21). The first-order chi connectivity index (χ1) is 11.2. The molecule has 138 valence electrons. The Morgan fingerprint density at radius 3 is 2.54 bits per heavy atom. The zero-order valence-electron chi connectivity index (χ0n) is 14.6. The lowest BCUT2D eigenvalue weighted by atomic mass is 10.4. The number of nitrogens with one attached hydrogen (secondary N) is 2. The Hall–Kier alpha value is -1.35. The molecular formula is C15H26F3N5S. The van der Waals surface area contributed by atoms with Gasteiger partial charge in [0.25, 0.3) is 0 Å². The van der Waals surface area contributed by atoms with Crippen LogP contribution in [0.1, 0.15) is 28.9 Å². The normalized spacial score (nSPS) is 12.8. The highest BCUT2D eigenvalue weighted by Gasteiger charge is 2.28. The van der Waals surface area contributed by atoms with E-state index < -0.39 is 12.7 Å². The minimum atomic E-state index is -4.15. The Morgan fingerprint density at radius 2 is 2.00 bits per heavy atom. The van der Waals surface area contributed by atoms with Crippen LogP contribution in [0.3, 0.4) is 0 Å². The van der Waals surface area contributed by atoms with Crippen LogP contribution in [0.4, 0.5) is 13.2 Å². The van der Waals surface area contributed by atoms with E-state index in [0.717, 1.165) is 17.2 Å². The fourth-order valence-corrected chi connectivity index (χ4v) is 2.89. The second kappa shape index (κ2) is 9.83. The smallest absolute Gasteiger partial charge is 0.357 e. The van der Waals surface area contributed by atoms with Gasteiger partial charge in [-0.1, -0.05) is 0 Å². The molecule has 0 radical (unpaired) electrons. The van der Waals surface area contributed by atoms with Crippen LogP contribution < -0.4 is 10.6 Å². The summed E-state index contributed by atoms with van der Waals surface area (Å²) < 4.78 is 36.7. The van der Waals surface area contributed by atoms with E-state index in [1.165, 1.54) is 16.8 Å². The summed E-state index contributed by atoms with van der Waals surface area (Å²) >= 11 is 1.62. The molecule has 24 heavy (non-hydrogen) atoms. The highest BCUT2D eigenvalue weighted by atomic mass is 32.1. The van der Waals surface area contributed by atoms with Crippen molar-refractivity contribution in [2.75, 3.05) is 33.2 Å². The number of hydrogen-bond donors (Lipinski definition) is 2. The third-order valence-corrected chi connectivity index (χ3v) is 4.31. The van der Waals surface area contributed by atoms with Gasteiger partial charge in [-0.15, -0.1) is 11.3 Å². The summed E-state index contributed by atoms with van der Waals surface area (Å²) in [6.07, 6.45) is -3.55. The van der Waals surface area contributed by atoms with Gasteiger partial charge >= 0.3 is 6.18 Å². The van der Waals surface area contributed by atoms with Gasteiger partial charge in [-0.25, -0.2) is 9.98 Å². The molecule has 0 amide bonds. The molecule has 0 aliphatic rings. The van der Waals surface area contributed by atoms with Crippen molar-refractivity contribution >= 4 is 17.3 Å². The highest BCUT2D eigenvalue weighted by molar-refractivity contribution is 7.11. The molecule has 9 heteroatoms. The van der Waals surface area contributed by atoms with E-state index in [9.17, 15) is 13.2 Å². The molecule has 0 aromatic carbocycles. The fraction of sp³-hybridized carbons (Fsp3) is 0.733. The molecule has 0 saturated heterocycles. The van der Waals surface area contributed by atoms with Gasteiger partial charge in [0.05, 0.1) is 18.8 Å². The zero-order chi connectivity index (χ0) is 18.2. The number of halogens is 3. The maximum atomic E-state index is 12.2. The average molecular weight is 365 g/mol. The van der Waals surface area contributed by atoms with Gasteiger partial charge in [0.2, 0.25) is 0 Å². The number of nitrogens with zero attached hydrogens (tertiary/aromatic N) is 3. The van der Waals surface area contributed by atoms with Crippen molar-refractivity contribution in [3.8, 4) is 0 Å². The molecule has 0 saturated carbocycles. The van der Waals surface area contributed by atoms with Gasteiger partial charge in [-0.2, -0.15) is 13.2 Å². The van der Waals surface area contributed by atoms with E-state index in [4.69, 9.17) is 0 Å². The SMILES string of the molecule is CCNC(=NCc1nc(C)c(C)s1)NCCCN(C)CC(F)(F)F. The van der Waals surface area contributed by atoms with Gasteiger partial charge in [-0.3, -0.25) is 4.90 Å². The molecule has 1 aromatic rings. The third kappa shape index (κ3) is 8.49. The summed E-state index contributed by atoms with van der Waals surface area (Å²) in [6, 6.07) is 0. The number of aliphatic imine (C=N–C) groups is 1. The van der Waals surface area contributed by atoms with E-state index in [1.54, 1.807) is 11.3 Å². The quantitative estimate of drug-likeness (QED) is 0.423. The van der Waals surface area contributed by atoms with Gasteiger partial charge in [0.15, 0.2) is 5.96 Å². The van der Waals surface area contributed by atoms with Crippen LogP contribution in [-0.4, -0.2) is 55.2 Å². The molecule has 0 bridgehead atoms. The molecule has 0 fully saturated rings. The topological polar surface area (TPSA) is 52.6 Å². The Labute approximate surface area is 145 Å². The number of hydrogen-bond acceptors (Lipinski definition) is 4. The number of thiazole rings is 1. The van der Waals surface area contributed by atoms with Crippen molar-refractivity contribution in [3.63, 3.8) is 0 Å². The van der Waals surface area contributed by atoms with Crippen LogP contribution in [0, 0.1) is 13.8 Å². The zero-order valence-corrected chi connectivity index (χ0v) is 15.4. The monoisotopic (exact) mass is 365 g/mol. The molecule has 2 N–H and O–H groups in total. The Morgan fingerprint density at radius 1 is 1.29 bits per heavy atom. The van der Waals surface area contributed by atoms with E-state index in [0.29, 0.717) is 32.0 Å². The average Bonchev–Trinajstić information content (AvgIpc) is 2.77. The Kier molecular flexibility index (Phi) is 8.47. The van der Waals surface area contributed by atoms with Crippen molar-refractivity contribution in [2.24, 2.45) is 4.99 Å². The van der Waals surface area contributed by atoms with E-state index in [2.05, 4.69) is 20.6 Å². The number of alkyl halides is 3. The molecule has 0 unspecified atom stereocenters. The van der Waals surface area contributed by atoms with Gasteiger partial charge in [-0.05, 0) is 40.8 Å². The summed E-state index contributed by atoms with van der Waals surface area (Å²) in [5, 5.41) is 7.21. The minimum absolute atomic E-state index is 0.372. The third-order valence-electron chi connectivity index (χ3n) is 3.25. The molecule has 0 aliphatic heterocycles. The highest BCUT2D eigenvalue weighted by Crippen LogP contribution is 2.17. The fourth-order valence-electron chi connectivity index (χ4n) is 2.04. The molecular weight excluding hydrogens is 339 g/mol. The lowest BCUT2D eigenvalue weighted by Crippen LogP contribution is -2.39. The first-order valence-corrected chi connectivity index (χ1v) is 8.73. The van der Waals surface area contributed by atoms with Crippen LogP contribution in [0.5, 0.6) is 0 Å². The van der Waals surface area contributed by atoms with E-state index >= 15 is 0 Å². The minimum Gasteiger partial charge on any atom is -0.357 e. The van der Waals surface area contributed by atoms with Crippen LogP contribution in [0.15, 0.2) is 4.99 Å². The van der Waals surface area contributed by atoms with E-state index in [1.807, 2.05) is 20.8 Å². The number of aryl methyl sites for hydroxylation is 2. The number of guanidine groups is 1. The second-order valence-electron chi connectivity index (χ2n) is 5.58. The summed E-state index contributed by atoms with van der Waals surface area (Å²) in [5.41, 5.74) is 1.02. The summed E-state index contributed by atoms with van der Waals surface area (Å²) in [7, 11) is 1.47. The second-order valence-corrected chi connectivity index (χ2v) is 6.87. The number of rotatable bonds is 8. The maximum Gasteiger partial charge on any atom is 0.401 e. The maximum absolute atomic E-state index is 12.2. The van der Waals surface area contributed by atoms with Gasteiger partial charge < -0.3 is 10.6 Å². The molecule has 1 heterocycles. The molecule has 0 atom stereocenters. The van der Waals surface area contributed by atoms with Crippen molar-refractivity contribution in [1.29, 1.82) is 0 Å². The van der Waals surface area contributed by atoms with Crippen LogP contribution in [-0.2, 0) is 6.54 Å². The van der Waals surface area contributed by atoms with Crippen LogP contribution >= 0.6 is 11.3 Å². The summed E-state index contributed by atoms with van der Waals surface area (Å²) in [5.74, 6) is 0.654. The van der Waals surface area contributed by atoms with E-state index in [-0.39, 0.29) is 0 Å². The lowest BCUT2D eigenvalue weighted by Gasteiger charge is -2.18. The Balaban J connectivity index is 2.38. The van der Waals surface area contributed by atoms with Gasteiger partial charge in [0, 0.05) is 18.0 Å². The molecule has 5 nitrogen and oxygen atoms in total. The van der Waals surface area contributed by atoms with Crippen LogP contribution in [0.25, 0.3) is 0 Å². The Bertz CT molecular complexity index is 508. The summed E-state index contributed by atoms with van der Waals surface area (Å²) in [4.78, 5) is 11.4. The predicted molar refractivity (Wildman–Crippen MR) is 92.6 cm³/mol. The van der Waals surface area contributed by atoms with Gasteiger partial charge in [0.1, 0.15) is 5.01 Å². The van der Waals surface area contributed by atoms with Crippen molar-refractivity contribution in [1.82, 2.24) is 20.5 Å². The largest absolute Gasteiger partial charge is 0.401 e. The van der Waals surface area contributed by atoms with Crippen LogP contribution in [0.2, 0.25) is 0 Å². The molecule has 0 spiro atoms. The first kappa shape index (κ1) is 20.7. The van der Waals surface area contributed by atoms with Crippen molar-refractivity contribution in [2.45, 2.75) is 39.9 Å². The molecule has 1 rings (SSSR count). The molecule has 1 aromatic heterocycles. The summed E-state index contributed by atoms with van der Waals surface area (Å²) in [6.45, 7) is 7.22. The lowest BCUT2D eigenvalue weighted by molar-refractivity contribution is -0.143. The predicted octanol–water partition coefficient (Wildman–Crippen LogP) is 2.70. The first-order valence-electron chi connectivity index (χ1n) is 7.91. The molecule has 0 aliphatic carbocycles.